The van der Waals surface area contributed by atoms with E-state index in [0.717, 1.165) is 12.0 Å². The minimum Gasteiger partial charge on any atom is -0.467 e. The first kappa shape index (κ1) is 24.7. The number of ether oxygens (including phenoxy) is 1. The number of amides is 5. The molecular weight excluding hydrogens is 449 g/mol. The number of nitrogens with zero attached hydrogens (tertiary/aromatic N) is 1. The Morgan fingerprint density at radius 3 is 2.50 bits per heavy atom. The van der Waals surface area contributed by atoms with Crippen LogP contribution in [0.4, 0.5) is 9.18 Å². The molecule has 1 fully saturated rings. The lowest BCUT2D eigenvalue weighted by molar-refractivity contribution is -0.145. The second-order valence-electron chi connectivity index (χ2n) is 8.36. The van der Waals surface area contributed by atoms with Crippen LogP contribution in [-0.2, 0) is 19.1 Å². The molecule has 1 aliphatic heterocycles. The largest absolute Gasteiger partial charge is 0.467 e. The van der Waals surface area contributed by atoms with E-state index < -0.39 is 47.6 Å². The van der Waals surface area contributed by atoms with E-state index in [2.05, 4.69) is 20.9 Å². The summed E-state index contributed by atoms with van der Waals surface area (Å²) in [5.41, 5.74) is 0.498. The van der Waals surface area contributed by atoms with Gasteiger partial charge in [-0.2, -0.15) is 0 Å². The highest BCUT2D eigenvalue weighted by molar-refractivity contribution is 6.02. The molecule has 1 aliphatic rings. The van der Waals surface area contributed by atoms with Gasteiger partial charge in [0, 0.05) is 10.9 Å². The predicted molar refractivity (Wildman–Crippen MR) is 118 cm³/mol. The first-order valence-electron chi connectivity index (χ1n) is 10.6. The Balaban J connectivity index is 1.75. The SMILES string of the molecule is COC(=O)C(CN1CC(=O)NC1=O)NC(=O)C(CC(C)C)NC(=O)c1cc2c(F)cccc2[nH]1. The second-order valence-corrected chi connectivity index (χ2v) is 8.36. The van der Waals surface area contributed by atoms with Crippen LogP contribution in [0.2, 0.25) is 0 Å². The Kier molecular flexibility index (Phi) is 7.49. The normalized spacial score (nSPS) is 15.3. The molecule has 11 nitrogen and oxygen atoms in total. The maximum absolute atomic E-state index is 14.0. The molecule has 182 valence electrons. The summed E-state index contributed by atoms with van der Waals surface area (Å²) in [6, 6.07) is 2.76. The zero-order chi connectivity index (χ0) is 25.0. The highest BCUT2D eigenvalue weighted by atomic mass is 19.1. The van der Waals surface area contributed by atoms with Crippen LogP contribution in [0.5, 0.6) is 0 Å². The van der Waals surface area contributed by atoms with E-state index in [1.165, 1.54) is 18.2 Å². The number of aromatic nitrogens is 1. The third-order valence-corrected chi connectivity index (χ3v) is 5.26. The number of carbonyl (C=O) groups excluding carboxylic acids is 5. The molecule has 12 heteroatoms. The molecule has 0 bridgehead atoms. The van der Waals surface area contributed by atoms with Crippen molar-refractivity contribution in [3.05, 3.63) is 35.8 Å². The second kappa shape index (κ2) is 10.3. The molecule has 2 unspecified atom stereocenters. The van der Waals surface area contributed by atoms with Gasteiger partial charge in [-0.05, 0) is 30.5 Å². The number of benzene rings is 1. The van der Waals surface area contributed by atoms with Crippen LogP contribution in [0, 0.1) is 11.7 Å². The minimum absolute atomic E-state index is 0.00485. The number of aromatic amines is 1. The number of halogens is 1. The number of fused-ring (bicyclic) bond motifs is 1. The van der Waals surface area contributed by atoms with E-state index in [1.54, 1.807) is 6.07 Å². The Morgan fingerprint density at radius 2 is 1.91 bits per heavy atom. The molecule has 0 spiro atoms. The fraction of sp³-hybridized carbons (Fsp3) is 0.409. The van der Waals surface area contributed by atoms with Crippen LogP contribution < -0.4 is 16.0 Å². The zero-order valence-electron chi connectivity index (χ0n) is 18.9. The van der Waals surface area contributed by atoms with E-state index >= 15 is 0 Å². The molecule has 0 aliphatic carbocycles. The first-order valence-corrected chi connectivity index (χ1v) is 10.6. The fourth-order valence-corrected chi connectivity index (χ4v) is 3.62. The van der Waals surface area contributed by atoms with Gasteiger partial charge in [0.15, 0.2) is 0 Å². The third kappa shape index (κ3) is 5.69. The molecule has 0 radical (unpaired) electrons. The van der Waals surface area contributed by atoms with Gasteiger partial charge in [-0.25, -0.2) is 14.0 Å². The summed E-state index contributed by atoms with van der Waals surface area (Å²) in [5.74, 6) is -3.15. The van der Waals surface area contributed by atoms with Crippen LogP contribution in [0.25, 0.3) is 10.9 Å². The fourth-order valence-electron chi connectivity index (χ4n) is 3.62. The van der Waals surface area contributed by atoms with Crippen molar-refractivity contribution < 1.29 is 33.1 Å². The van der Waals surface area contributed by atoms with Crippen molar-refractivity contribution in [2.75, 3.05) is 20.2 Å². The number of esters is 1. The number of methoxy groups -OCH3 is 1. The number of nitrogens with one attached hydrogen (secondary N) is 4. The lowest BCUT2D eigenvalue weighted by Crippen LogP contribution is -2.55. The van der Waals surface area contributed by atoms with Crippen molar-refractivity contribution >= 4 is 40.6 Å². The minimum atomic E-state index is -1.26. The van der Waals surface area contributed by atoms with E-state index in [-0.39, 0.29) is 36.5 Å². The lowest BCUT2D eigenvalue weighted by Gasteiger charge is -2.25. The molecule has 2 heterocycles. The van der Waals surface area contributed by atoms with Gasteiger partial charge < -0.3 is 25.3 Å². The Labute approximate surface area is 194 Å². The highest BCUT2D eigenvalue weighted by Crippen LogP contribution is 2.19. The average Bonchev–Trinajstić information content (AvgIpc) is 3.35. The molecule has 1 aromatic carbocycles. The molecule has 3 rings (SSSR count). The first-order chi connectivity index (χ1) is 16.1. The predicted octanol–water partition coefficient (Wildman–Crippen LogP) is 0.661. The Bertz CT molecular complexity index is 1130. The number of imide groups is 1. The van der Waals surface area contributed by atoms with Gasteiger partial charge >= 0.3 is 12.0 Å². The number of hydrogen-bond donors (Lipinski definition) is 4. The molecule has 0 saturated carbocycles. The molecule has 4 N–H and O–H groups in total. The van der Waals surface area contributed by atoms with Gasteiger partial charge in [-0.3, -0.25) is 19.7 Å². The Hall–Kier alpha value is -3.96. The summed E-state index contributed by atoms with van der Waals surface area (Å²) in [7, 11) is 1.12. The monoisotopic (exact) mass is 475 g/mol. The number of hydrogen-bond acceptors (Lipinski definition) is 6. The lowest BCUT2D eigenvalue weighted by atomic mass is 10.0. The van der Waals surface area contributed by atoms with Gasteiger partial charge in [0.2, 0.25) is 11.8 Å². The van der Waals surface area contributed by atoms with E-state index in [1.807, 2.05) is 13.8 Å². The average molecular weight is 475 g/mol. The van der Waals surface area contributed by atoms with Crippen LogP contribution in [-0.4, -0.2) is 71.9 Å². The molecule has 1 aromatic heterocycles. The number of H-pyrrole nitrogens is 1. The highest BCUT2D eigenvalue weighted by Gasteiger charge is 2.34. The van der Waals surface area contributed by atoms with Crippen LogP contribution in [0.15, 0.2) is 24.3 Å². The van der Waals surface area contributed by atoms with Crippen molar-refractivity contribution in [1.82, 2.24) is 25.8 Å². The van der Waals surface area contributed by atoms with Crippen LogP contribution in [0.3, 0.4) is 0 Å². The van der Waals surface area contributed by atoms with Crippen molar-refractivity contribution in [2.45, 2.75) is 32.4 Å². The topological polar surface area (TPSA) is 150 Å². The van der Waals surface area contributed by atoms with Gasteiger partial charge in [-0.1, -0.05) is 19.9 Å². The summed E-state index contributed by atoms with van der Waals surface area (Å²) in [4.78, 5) is 65.2. The van der Waals surface area contributed by atoms with E-state index in [9.17, 15) is 28.4 Å². The maximum Gasteiger partial charge on any atom is 0.330 e. The van der Waals surface area contributed by atoms with Gasteiger partial charge in [0.1, 0.15) is 30.1 Å². The molecule has 1 saturated heterocycles. The Morgan fingerprint density at radius 1 is 1.18 bits per heavy atom. The quantitative estimate of drug-likeness (QED) is 0.309. The van der Waals surface area contributed by atoms with Gasteiger partial charge in [0.25, 0.3) is 5.91 Å². The van der Waals surface area contributed by atoms with Crippen LogP contribution >= 0.6 is 0 Å². The summed E-state index contributed by atoms with van der Waals surface area (Å²) in [5, 5.41) is 7.43. The zero-order valence-corrected chi connectivity index (χ0v) is 18.9. The van der Waals surface area contributed by atoms with Gasteiger partial charge in [-0.15, -0.1) is 0 Å². The number of urea groups is 1. The number of rotatable bonds is 9. The molecule has 34 heavy (non-hydrogen) atoms. The van der Waals surface area contributed by atoms with Crippen molar-refractivity contribution in [1.29, 1.82) is 0 Å². The molecular formula is C22H26FN5O6. The standard InChI is InChI=1S/C22H26FN5O6/c1-11(2)7-15(25-20(31)16-8-12-13(23)5-4-6-14(12)24-16)19(30)26-17(21(32)34-3)9-28-10-18(29)27-22(28)33/h4-6,8,11,15,17,24H,7,9-10H2,1-3H3,(H,25,31)(H,26,30)(H,27,29,33). The smallest absolute Gasteiger partial charge is 0.330 e. The molecule has 2 atom stereocenters. The third-order valence-electron chi connectivity index (χ3n) is 5.26. The van der Waals surface area contributed by atoms with E-state index in [4.69, 9.17) is 4.74 Å². The molecule has 2 aromatic rings. The molecule has 5 amide bonds. The maximum atomic E-state index is 14.0. The van der Waals surface area contributed by atoms with Gasteiger partial charge in [0.05, 0.1) is 13.7 Å². The van der Waals surface area contributed by atoms with E-state index in [0.29, 0.717) is 5.52 Å². The summed E-state index contributed by atoms with van der Waals surface area (Å²) in [6.45, 7) is 3.15. The van der Waals surface area contributed by atoms with Crippen molar-refractivity contribution in [3.8, 4) is 0 Å². The van der Waals surface area contributed by atoms with Crippen LogP contribution in [0.1, 0.15) is 30.8 Å². The van der Waals surface area contributed by atoms with Crippen molar-refractivity contribution in [3.63, 3.8) is 0 Å². The summed E-state index contributed by atoms with van der Waals surface area (Å²) >= 11 is 0. The summed E-state index contributed by atoms with van der Waals surface area (Å²) < 4.78 is 18.7. The summed E-state index contributed by atoms with van der Waals surface area (Å²) in [6.07, 6.45) is 0.239. The van der Waals surface area contributed by atoms with Crippen molar-refractivity contribution in [2.24, 2.45) is 5.92 Å². The number of carbonyl (C=O) groups is 5.